The maximum absolute atomic E-state index is 13.5. The quantitative estimate of drug-likeness (QED) is 0.352. The average Bonchev–Trinajstić information content (AvgIpc) is 3.66. The number of piperazine rings is 1. The van der Waals surface area contributed by atoms with Crippen molar-refractivity contribution in [2.75, 3.05) is 32.7 Å². The van der Waals surface area contributed by atoms with E-state index in [4.69, 9.17) is 28.2 Å². The molecule has 1 amide bonds. The van der Waals surface area contributed by atoms with Gasteiger partial charge in [0.05, 0.1) is 4.91 Å². The summed E-state index contributed by atoms with van der Waals surface area (Å²) in [6, 6.07) is 10.1. The lowest BCUT2D eigenvalue weighted by atomic mass is 9.94. The number of rotatable bonds is 7. The summed E-state index contributed by atoms with van der Waals surface area (Å²) in [5, 5.41) is 4.12. The lowest BCUT2D eigenvalue weighted by Gasteiger charge is -2.30. The molecule has 4 aliphatic rings. The molecule has 2 aliphatic heterocycles. The van der Waals surface area contributed by atoms with Crippen LogP contribution < -0.4 is 5.32 Å². The highest BCUT2D eigenvalue weighted by Gasteiger charge is 2.48. The number of nitrogens with zero attached hydrogens (tertiary/aromatic N) is 2. The van der Waals surface area contributed by atoms with E-state index in [1.807, 2.05) is 35.2 Å². The van der Waals surface area contributed by atoms with Gasteiger partial charge in [0.15, 0.2) is 0 Å². The van der Waals surface area contributed by atoms with Gasteiger partial charge in [-0.05, 0) is 86.4 Å². The molecule has 36 heavy (non-hydrogen) atoms. The molecular formula is C28H32ClN3O2S2. The van der Waals surface area contributed by atoms with E-state index >= 15 is 0 Å². The molecule has 190 valence electrons. The molecule has 0 radical (unpaired) electrons. The van der Waals surface area contributed by atoms with Crippen molar-refractivity contribution < 1.29 is 9.21 Å². The minimum atomic E-state index is 0.0544. The first-order chi connectivity index (χ1) is 17.5. The molecule has 5 nitrogen and oxygen atoms in total. The number of benzene rings is 1. The van der Waals surface area contributed by atoms with Crippen LogP contribution in [0.15, 0.2) is 39.7 Å². The largest absolute Gasteiger partial charge is 0.456 e. The van der Waals surface area contributed by atoms with Crippen LogP contribution in [0.4, 0.5) is 0 Å². The Bertz CT molecular complexity index is 1170. The van der Waals surface area contributed by atoms with Crippen LogP contribution in [0, 0.1) is 11.8 Å². The zero-order valence-electron chi connectivity index (χ0n) is 20.4. The van der Waals surface area contributed by atoms with Crippen LogP contribution in [-0.2, 0) is 11.2 Å². The molecule has 2 saturated heterocycles. The Balaban J connectivity index is 1.24. The maximum Gasteiger partial charge on any atom is 0.266 e. The summed E-state index contributed by atoms with van der Waals surface area (Å²) in [6.45, 7) is 5.37. The van der Waals surface area contributed by atoms with Crippen molar-refractivity contribution in [1.82, 2.24) is 15.1 Å². The fourth-order valence-corrected chi connectivity index (χ4v) is 7.83. The van der Waals surface area contributed by atoms with Crippen molar-refractivity contribution in [2.45, 2.75) is 44.6 Å². The van der Waals surface area contributed by atoms with Gasteiger partial charge in [-0.15, -0.1) is 0 Å². The van der Waals surface area contributed by atoms with Crippen LogP contribution in [-0.4, -0.2) is 58.8 Å². The summed E-state index contributed by atoms with van der Waals surface area (Å²) in [5.74, 6) is 3.01. The fourth-order valence-electron chi connectivity index (χ4n) is 6.36. The van der Waals surface area contributed by atoms with Crippen LogP contribution in [0.5, 0.6) is 0 Å². The SMILES string of the molecule is O=C1/C(=C/c2oc(-c3ccc(Cl)cc3)cc2CCCN2CCNCC2)SC(=S)N1C1CC2CCC1C2. The Hall–Kier alpha value is -1.64. The molecule has 3 atom stereocenters. The first-order valence-electron chi connectivity index (χ1n) is 13.1. The van der Waals surface area contributed by atoms with E-state index in [9.17, 15) is 4.79 Å². The Morgan fingerprint density at radius 3 is 2.69 bits per heavy atom. The van der Waals surface area contributed by atoms with Crippen molar-refractivity contribution in [3.8, 4) is 11.3 Å². The number of amides is 1. The topological polar surface area (TPSA) is 48.7 Å². The molecule has 6 rings (SSSR count). The highest BCUT2D eigenvalue weighted by atomic mass is 35.5. The number of furan rings is 1. The predicted molar refractivity (Wildman–Crippen MR) is 151 cm³/mol. The lowest BCUT2D eigenvalue weighted by Crippen LogP contribution is -2.43. The van der Waals surface area contributed by atoms with Crippen LogP contribution in [0.1, 0.15) is 43.4 Å². The van der Waals surface area contributed by atoms with Crippen LogP contribution in [0.25, 0.3) is 17.4 Å². The Kier molecular flexibility index (Phi) is 7.28. The standard InChI is InChI=1S/C28H32ClN3O2S2/c29-22-7-5-19(6-8-22)24-16-21(2-1-11-31-12-9-30-10-13-31)25(34-24)17-26-27(33)32(28(35)36-26)23-15-18-3-4-20(23)14-18/h5-8,16-18,20,23,30H,1-4,9-15H2/b26-17-. The normalized spacial score (nSPS) is 27.6. The summed E-state index contributed by atoms with van der Waals surface area (Å²) >= 11 is 13.2. The van der Waals surface area contributed by atoms with Crippen molar-refractivity contribution in [1.29, 1.82) is 0 Å². The number of carbonyl (C=O) groups excluding carboxylic acids is 1. The molecule has 2 saturated carbocycles. The van der Waals surface area contributed by atoms with Gasteiger partial charge in [-0.25, -0.2) is 0 Å². The predicted octanol–water partition coefficient (Wildman–Crippen LogP) is 5.83. The number of thioether (sulfide) groups is 1. The van der Waals surface area contributed by atoms with Crippen LogP contribution in [0.2, 0.25) is 5.02 Å². The van der Waals surface area contributed by atoms with Crippen molar-refractivity contribution in [3.05, 3.63) is 51.6 Å². The summed E-state index contributed by atoms with van der Waals surface area (Å²) in [7, 11) is 0. The molecule has 3 unspecified atom stereocenters. The number of hydrogen-bond acceptors (Lipinski definition) is 6. The van der Waals surface area contributed by atoms with E-state index in [-0.39, 0.29) is 11.9 Å². The number of carbonyl (C=O) groups is 1. The van der Waals surface area contributed by atoms with E-state index in [1.54, 1.807) is 0 Å². The second kappa shape index (κ2) is 10.6. The van der Waals surface area contributed by atoms with Gasteiger partial charge in [0, 0.05) is 48.9 Å². The molecule has 1 N–H and O–H groups in total. The average molecular weight is 542 g/mol. The number of fused-ring (bicyclic) bond motifs is 2. The highest BCUT2D eigenvalue weighted by Crippen LogP contribution is 2.49. The van der Waals surface area contributed by atoms with Gasteiger partial charge < -0.3 is 14.6 Å². The second-order valence-electron chi connectivity index (χ2n) is 10.5. The smallest absolute Gasteiger partial charge is 0.266 e. The van der Waals surface area contributed by atoms with E-state index in [0.29, 0.717) is 20.2 Å². The monoisotopic (exact) mass is 541 g/mol. The molecule has 8 heteroatoms. The molecule has 1 aromatic carbocycles. The van der Waals surface area contributed by atoms with E-state index in [0.717, 1.165) is 80.6 Å². The Morgan fingerprint density at radius 2 is 1.97 bits per heavy atom. The number of thiocarbonyl (C=S) groups is 1. The summed E-state index contributed by atoms with van der Waals surface area (Å²) in [5.41, 5.74) is 2.12. The van der Waals surface area contributed by atoms with E-state index < -0.39 is 0 Å². The number of nitrogens with one attached hydrogen (secondary N) is 1. The molecule has 1 aromatic heterocycles. The van der Waals surface area contributed by atoms with Gasteiger partial charge in [-0.1, -0.05) is 42.0 Å². The van der Waals surface area contributed by atoms with Crippen molar-refractivity contribution >= 4 is 51.9 Å². The summed E-state index contributed by atoms with van der Waals surface area (Å²) in [4.78, 5) is 18.6. The molecule has 2 aromatic rings. The summed E-state index contributed by atoms with van der Waals surface area (Å²) in [6.07, 6.45) is 8.77. The van der Waals surface area contributed by atoms with E-state index in [2.05, 4.69) is 16.3 Å². The third-order valence-electron chi connectivity index (χ3n) is 8.22. The molecule has 2 bridgehead atoms. The first-order valence-corrected chi connectivity index (χ1v) is 14.7. The summed E-state index contributed by atoms with van der Waals surface area (Å²) < 4.78 is 7.07. The highest BCUT2D eigenvalue weighted by molar-refractivity contribution is 8.26. The fraction of sp³-hybridized carbons (Fsp3) is 0.500. The van der Waals surface area contributed by atoms with Crippen LogP contribution in [0.3, 0.4) is 0 Å². The Morgan fingerprint density at radius 1 is 1.17 bits per heavy atom. The zero-order chi connectivity index (χ0) is 24.6. The minimum Gasteiger partial charge on any atom is -0.456 e. The number of halogens is 1. The molecule has 0 spiro atoms. The third-order valence-corrected chi connectivity index (χ3v) is 9.80. The van der Waals surface area contributed by atoms with Gasteiger partial charge in [0.2, 0.25) is 0 Å². The minimum absolute atomic E-state index is 0.0544. The van der Waals surface area contributed by atoms with E-state index in [1.165, 1.54) is 31.0 Å². The number of aryl methyl sites for hydroxylation is 1. The molecular weight excluding hydrogens is 510 g/mol. The van der Waals surface area contributed by atoms with Crippen LogP contribution >= 0.6 is 35.6 Å². The third kappa shape index (κ3) is 5.05. The van der Waals surface area contributed by atoms with Crippen molar-refractivity contribution in [2.24, 2.45) is 11.8 Å². The maximum atomic E-state index is 13.5. The molecule has 2 aliphatic carbocycles. The van der Waals surface area contributed by atoms with Gasteiger partial charge in [0.25, 0.3) is 5.91 Å². The molecule has 3 heterocycles. The van der Waals surface area contributed by atoms with Gasteiger partial charge in [-0.2, -0.15) is 0 Å². The van der Waals surface area contributed by atoms with Gasteiger partial charge in [-0.3, -0.25) is 9.69 Å². The first kappa shape index (κ1) is 24.7. The molecule has 4 fully saturated rings. The Labute approximate surface area is 227 Å². The second-order valence-corrected chi connectivity index (χ2v) is 12.6. The lowest BCUT2D eigenvalue weighted by molar-refractivity contribution is -0.124. The van der Waals surface area contributed by atoms with Gasteiger partial charge >= 0.3 is 0 Å². The number of hydrogen-bond donors (Lipinski definition) is 1. The van der Waals surface area contributed by atoms with Crippen molar-refractivity contribution in [3.63, 3.8) is 0 Å². The van der Waals surface area contributed by atoms with Gasteiger partial charge in [0.1, 0.15) is 15.8 Å². The zero-order valence-corrected chi connectivity index (χ0v) is 22.8.